The number of methoxy groups -OCH3 is 1. The number of benzene rings is 1. The van der Waals surface area contributed by atoms with Crippen molar-refractivity contribution in [1.29, 1.82) is 0 Å². The largest absolute Gasteiger partial charge is 0.497 e. The van der Waals surface area contributed by atoms with Gasteiger partial charge in [0.1, 0.15) is 5.75 Å². The smallest absolute Gasteiger partial charge is 0.255 e. The van der Waals surface area contributed by atoms with Crippen molar-refractivity contribution >= 4 is 28.5 Å². The van der Waals surface area contributed by atoms with Gasteiger partial charge in [-0.25, -0.2) is 0 Å². The normalized spacial score (nSPS) is 14.7. The molecule has 1 fully saturated rings. The second-order valence-electron chi connectivity index (χ2n) is 3.99. The molecule has 0 saturated heterocycles. The van der Waals surface area contributed by atoms with E-state index >= 15 is 0 Å². The first kappa shape index (κ1) is 11.7. The average Bonchev–Trinajstić information content (AvgIpc) is 3.12. The summed E-state index contributed by atoms with van der Waals surface area (Å²) in [6.45, 7) is 0. The third kappa shape index (κ3) is 2.31. The molecule has 2 rings (SSSR count). The molecule has 0 radical (unpaired) electrons. The van der Waals surface area contributed by atoms with E-state index in [-0.39, 0.29) is 5.91 Å². The molecule has 1 aromatic carbocycles. The van der Waals surface area contributed by atoms with Gasteiger partial charge in [0, 0.05) is 16.7 Å². The summed E-state index contributed by atoms with van der Waals surface area (Å²) in [5, 5.41) is 0. The monoisotopic (exact) mass is 331 g/mol. The zero-order valence-electron chi connectivity index (χ0n) is 9.37. The van der Waals surface area contributed by atoms with Gasteiger partial charge in [-0.1, -0.05) is 0 Å². The van der Waals surface area contributed by atoms with E-state index in [1.54, 1.807) is 7.11 Å². The van der Waals surface area contributed by atoms with Crippen molar-refractivity contribution in [2.45, 2.75) is 18.9 Å². The summed E-state index contributed by atoms with van der Waals surface area (Å²) in [4.78, 5) is 14.0. The predicted molar refractivity (Wildman–Crippen MR) is 70.8 cm³/mol. The summed E-state index contributed by atoms with van der Waals surface area (Å²) in [6, 6.07) is 6.03. The van der Waals surface area contributed by atoms with E-state index in [9.17, 15) is 4.79 Å². The molecule has 0 spiro atoms. The van der Waals surface area contributed by atoms with Crippen LogP contribution in [0.15, 0.2) is 18.2 Å². The SMILES string of the molecule is COc1ccc(I)c(C(=O)N(C)C2CC2)c1. The molecule has 16 heavy (non-hydrogen) atoms. The van der Waals surface area contributed by atoms with Crippen LogP contribution >= 0.6 is 22.6 Å². The number of hydrogen-bond donors (Lipinski definition) is 0. The van der Waals surface area contributed by atoms with Gasteiger partial charge >= 0.3 is 0 Å². The number of nitrogens with zero attached hydrogens (tertiary/aromatic N) is 1. The van der Waals surface area contributed by atoms with Gasteiger partial charge in [0.05, 0.1) is 12.7 Å². The maximum atomic E-state index is 12.2. The highest BCUT2D eigenvalue weighted by atomic mass is 127. The Morgan fingerprint density at radius 3 is 2.75 bits per heavy atom. The molecular formula is C12H14INO2. The minimum Gasteiger partial charge on any atom is -0.497 e. The molecular weight excluding hydrogens is 317 g/mol. The molecule has 1 amide bonds. The van der Waals surface area contributed by atoms with Crippen molar-refractivity contribution < 1.29 is 9.53 Å². The van der Waals surface area contributed by atoms with E-state index in [0.29, 0.717) is 6.04 Å². The topological polar surface area (TPSA) is 29.5 Å². The number of carbonyl (C=O) groups is 1. The van der Waals surface area contributed by atoms with Crippen LogP contribution in [0.25, 0.3) is 0 Å². The van der Waals surface area contributed by atoms with Crippen LogP contribution in [0.3, 0.4) is 0 Å². The number of rotatable bonds is 3. The molecule has 1 aromatic rings. The van der Waals surface area contributed by atoms with E-state index in [2.05, 4.69) is 22.6 Å². The van der Waals surface area contributed by atoms with Gasteiger partial charge in [-0.3, -0.25) is 4.79 Å². The molecule has 3 nitrogen and oxygen atoms in total. The van der Waals surface area contributed by atoms with Crippen molar-refractivity contribution in [3.8, 4) is 5.75 Å². The lowest BCUT2D eigenvalue weighted by molar-refractivity contribution is 0.0783. The molecule has 0 heterocycles. The van der Waals surface area contributed by atoms with Crippen LogP contribution in [0.1, 0.15) is 23.2 Å². The third-order valence-corrected chi connectivity index (χ3v) is 3.76. The molecule has 86 valence electrons. The van der Waals surface area contributed by atoms with Gasteiger partial charge in [-0.15, -0.1) is 0 Å². The fourth-order valence-corrected chi connectivity index (χ4v) is 2.18. The number of halogens is 1. The molecule has 0 atom stereocenters. The zero-order valence-corrected chi connectivity index (χ0v) is 11.5. The zero-order chi connectivity index (χ0) is 11.7. The standard InChI is InChI=1S/C12H14INO2/c1-14(8-3-4-8)12(15)10-7-9(16-2)5-6-11(10)13/h5-8H,3-4H2,1-2H3. The number of ether oxygens (including phenoxy) is 1. The van der Waals surface area contributed by atoms with Crippen molar-refractivity contribution in [3.63, 3.8) is 0 Å². The average molecular weight is 331 g/mol. The van der Waals surface area contributed by atoms with Crippen LogP contribution in [0.5, 0.6) is 5.75 Å². The van der Waals surface area contributed by atoms with Gasteiger partial charge in [0.15, 0.2) is 0 Å². The first-order valence-corrected chi connectivity index (χ1v) is 6.32. The molecule has 1 saturated carbocycles. The second kappa shape index (κ2) is 4.61. The van der Waals surface area contributed by atoms with Crippen LogP contribution in [-0.4, -0.2) is 31.0 Å². The lowest BCUT2D eigenvalue weighted by Gasteiger charge is -2.17. The van der Waals surface area contributed by atoms with Gasteiger partial charge < -0.3 is 9.64 Å². The quantitative estimate of drug-likeness (QED) is 0.797. The van der Waals surface area contributed by atoms with Gasteiger partial charge in [-0.2, -0.15) is 0 Å². The summed E-state index contributed by atoms with van der Waals surface area (Å²) in [6.07, 6.45) is 2.26. The summed E-state index contributed by atoms with van der Waals surface area (Å²) in [7, 11) is 3.48. The van der Waals surface area contributed by atoms with Crippen LogP contribution < -0.4 is 4.74 Å². The van der Waals surface area contributed by atoms with Crippen molar-refractivity contribution in [2.24, 2.45) is 0 Å². The van der Waals surface area contributed by atoms with E-state index in [1.807, 2.05) is 30.1 Å². The Bertz CT molecular complexity index is 415. The summed E-state index contributed by atoms with van der Waals surface area (Å²) < 4.78 is 6.11. The number of carbonyl (C=O) groups excluding carboxylic acids is 1. The Hall–Kier alpha value is -0.780. The van der Waals surface area contributed by atoms with Crippen molar-refractivity contribution in [1.82, 2.24) is 4.90 Å². The number of amides is 1. The summed E-state index contributed by atoms with van der Waals surface area (Å²) in [5.41, 5.74) is 0.731. The lowest BCUT2D eigenvalue weighted by Crippen LogP contribution is -2.29. The minimum absolute atomic E-state index is 0.0887. The highest BCUT2D eigenvalue weighted by Gasteiger charge is 2.30. The Morgan fingerprint density at radius 2 is 2.19 bits per heavy atom. The van der Waals surface area contributed by atoms with E-state index < -0.39 is 0 Å². The fourth-order valence-electron chi connectivity index (χ4n) is 1.61. The van der Waals surface area contributed by atoms with E-state index in [1.165, 1.54) is 0 Å². The lowest BCUT2D eigenvalue weighted by atomic mass is 10.2. The van der Waals surface area contributed by atoms with Crippen molar-refractivity contribution in [2.75, 3.05) is 14.2 Å². The predicted octanol–water partition coefficient (Wildman–Crippen LogP) is 2.53. The molecule has 1 aliphatic carbocycles. The molecule has 4 heteroatoms. The third-order valence-electron chi connectivity index (χ3n) is 2.82. The first-order valence-electron chi connectivity index (χ1n) is 5.24. The maximum absolute atomic E-state index is 12.2. The molecule has 0 aromatic heterocycles. The molecule has 0 aliphatic heterocycles. The highest BCUT2D eigenvalue weighted by Crippen LogP contribution is 2.28. The van der Waals surface area contributed by atoms with Crippen LogP contribution in [0.2, 0.25) is 0 Å². The first-order chi connectivity index (χ1) is 7.63. The van der Waals surface area contributed by atoms with E-state index in [4.69, 9.17) is 4.74 Å². The fraction of sp³-hybridized carbons (Fsp3) is 0.417. The molecule has 1 aliphatic rings. The highest BCUT2D eigenvalue weighted by molar-refractivity contribution is 14.1. The summed E-state index contributed by atoms with van der Waals surface area (Å²) >= 11 is 2.18. The van der Waals surface area contributed by atoms with E-state index in [0.717, 1.165) is 27.7 Å². The molecule has 0 unspecified atom stereocenters. The van der Waals surface area contributed by atoms with Crippen LogP contribution in [0, 0.1) is 3.57 Å². The Labute approximate surface area is 109 Å². The molecule has 0 bridgehead atoms. The Balaban J connectivity index is 2.27. The maximum Gasteiger partial charge on any atom is 0.255 e. The Kier molecular flexibility index (Phi) is 3.37. The van der Waals surface area contributed by atoms with Crippen molar-refractivity contribution in [3.05, 3.63) is 27.3 Å². The number of hydrogen-bond acceptors (Lipinski definition) is 2. The van der Waals surface area contributed by atoms with Gasteiger partial charge in [0.25, 0.3) is 5.91 Å². The second-order valence-corrected chi connectivity index (χ2v) is 5.16. The minimum atomic E-state index is 0.0887. The molecule has 0 N–H and O–H groups in total. The van der Waals surface area contributed by atoms with Gasteiger partial charge in [-0.05, 0) is 53.6 Å². The Morgan fingerprint density at radius 1 is 1.50 bits per heavy atom. The summed E-state index contributed by atoms with van der Waals surface area (Å²) in [5.74, 6) is 0.818. The van der Waals surface area contributed by atoms with Crippen LogP contribution in [0.4, 0.5) is 0 Å². The van der Waals surface area contributed by atoms with Crippen LogP contribution in [-0.2, 0) is 0 Å². The van der Waals surface area contributed by atoms with Gasteiger partial charge in [0.2, 0.25) is 0 Å².